The maximum atomic E-state index is 13.0. The Morgan fingerprint density at radius 1 is 1.34 bits per heavy atom. The normalized spacial score (nSPS) is 16.2. The van der Waals surface area contributed by atoms with Gasteiger partial charge in [0, 0.05) is 19.5 Å². The molecule has 0 unspecified atom stereocenters. The molecule has 1 aliphatic heterocycles. The number of thiazole rings is 1. The van der Waals surface area contributed by atoms with Gasteiger partial charge in [0.15, 0.2) is 5.13 Å². The lowest BCUT2D eigenvalue weighted by Crippen LogP contribution is -2.30. The van der Waals surface area contributed by atoms with Gasteiger partial charge in [-0.2, -0.15) is 0 Å². The third-order valence-corrected chi connectivity index (χ3v) is 5.71. The van der Waals surface area contributed by atoms with Crippen molar-refractivity contribution in [3.05, 3.63) is 46.2 Å². The summed E-state index contributed by atoms with van der Waals surface area (Å²) in [6, 6.07) is 6.15. The number of hydrogen-bond acceptors (Lipinski definition) is 6. The minimum Gasteiger partial charge on any atom is -0.462 e. The summed E-state index contributed by atoms with van der Waals surface area (Å²) < 4.78 is 18.0. The Balaban J connectivity index is 1.55. The maximum absolute atomic E-state index is 13.0. The fourth-order valence-corrected chi connectivity index (χ4v) is 3.99. The lowest BCUT2D eigenvalue weighted by molar-refractivity contribution is -0.128. The highest BCUT2D eigenvalue weighted by Gasteiger charge is 2.34. The van der Waals surface area contributed by atoms with Gasteiger partial charge in [-0.1, -0.05) is 23.5 Å². The first-order chi connectivity index (χ1) is 13.9. The fraction of sp³-hybridized carbons (Fsp3) is 0.400. The molecule has 0 bridgehead atoms. The van der Waals surface area contributed by atoms with Crippen LogP contribution in [-0.4, -0.2) is 47.4 Å². The fourth-order valence-electron chi connectivity index (χ4n) is 3.12. The molecule has 0 spiro atoms. The molecule has 1 aromatic heterocycles. The second-order valence-electron chi connectivity index (χ2n) is 6.76. The van der Waals surface area contributed by atoms with Crippen LogP contribution in [0.1, 0.15) is 34.3 Å². The van der Waals surface area contributed by atoms with E-state index >= 15 is 0 Å². The number of ether oxygens (including phenoxy) is 1. The van der Waals surface area contributed by atoms with Crippen molar-refractivity contribution < 1.29 is 23.5 Å². The number of rotatable bonds is 7. The number of nitrogens with zero attached hydrogens (tertiary/aromatic N) is 2. The Morgan fingerprint density at radius 3 is 2.76 bits per heavy atom. The summed E-state index contributed by atoms with van der Waals surface area (Å²) in [6.45, 7) is 4.44. The van der Waals surface area contributed by atoms with Gasteiger partial charge in [0.2, 0.25) is 11.8 Å². The Kier molecular flexibility index (Phi) is 6.58. The molecule has 29 heavy (non-hydrogen) atoms. The molecule has 3 rings (SSSR count). The van der Waals surface area contributed by atoms with Crippen LogP contribution in [0.2, 0.25) is 0 Å². The summed E-state index contributed by atoms with van der Waals surface area (Å²) in [5, 5.41) is 3.02. The molecule has 2 heterocycles. The van der Waals surface area contributed by atoms with Crippen LogP contribution in [0.4, 0.5) is 9.52 Å². The van der Waals surface area contributed by atoms with Crippen LogP contribution in [0, 0.1) is 18.7 Å². The summed E-state index contributed by atoms with van der Waals surface area (Å²) in [5.74, 6) is -1.63. The van der Waals surface area contributed by atoms with E-state index in [2.05, 4.69) is 10.3 Å². The number of hydrogen-bond donors (Lipinski definition) is 1. The molecule has 1 aliphatic rings. The predicted molar refractivity (Wildman–Crippen MR) is 106 cm³/mol. The van der Waals surface area contributed by atoms with Crippen LogP contribution in [0.3, 0.4) is 0 Å². The van der Waals surface area contributed by atoms with E-state index in [1.54, 1.807) is 30.9 Å². The first-order valence-corrected chi connectivity index (χ1v) is 10.2. The number of carbonyl (C=O) groups excluding carboxylic acids is 3. The van der Waals surface area contributed by atoms with E-state index in [1.807, 2.05) is 0 Å². The zero-order valence-corrected chi connectivity index (χ0v) is 17.1. The molecule has 1 atom stereocenters. The Hall–Kier alpha value is -2.81. The number of carbonyl (C=O) groups is 3. The molecule has 1 fully saturated rings. The van der Waals surface area contributed by atoms with Gasteiger partial charge < -0.3 is 15.0 Å². The lowest BCUT2D eigenvalue weighted by atomic mass is 10.1. The summed E-state index contributed by atoms with van der Waals surface area (Å²) in [7, 11) is 0. The molecule has 0 radical (unpaired) electrons. The minimum atomic E-state index is -0.481. The summed E-state index contributed by atoms with van der Waals surface area (Å²) in [6.07, 6.45) is 0.722. The van der Waals surface area contributed by atoms with E-state index in [9.17, 15) is 18.8 Å². The van der Waals surface area contributed by atoms with Crippen LogP contribution in [0.25, 0.3) is 0 Å². The summed E-state index contributed by atoms with van der Waals surface area (Å²) in [4.78, 5) is 42.9. The number of amides is 2. The number of benzene rings is 1. The molecule has 154 valence electrons. The topological polar surface area (TPSA) is 88.6 Å². The van der Waals surface area contributed by atoms with E-state index in [1.165, 1.54) is 12.1 Å². The predicted octanol–water partition coefficient (Wildman–Crippen LogP) is 2.80. The zero-order chi connectivity index (χ0) is 21.0. The molecular weight excluding hydrogens is 397 g/mol. The van der Waals surface area contributed by atoms with Crippen LogP contribution in [0.15, 0.2) is 24.3 Å². The molecule has 1 saturated heterocycles. The quantitative estimate of drug-likeness (QED) is 0.697. The number of aromatic nitrogens is 1. The highest BCUT2D eigenvalue weighted by molar-refractivity contribution is 7.17. The van der Waals surface area contributed by atoms with Crippen LogP contribution >= 0.6 is 11.3 Å². The maximum Gasteiger partial charge on any atom is 0.350 e. The van der Waals surface area contributed by atoms with Crippen LogP contribution in [-0.2, 0) is 20.7 Å². The van der Waals surface area contributed by atoms with E-state index in [-0.39, 0.29) is 30.7 Å². The minimum absolute atomic E-state index is 0.0882. The highest BCUT2D eigenvalue weighted by Crippen LogP contribution is 2.26. The van der Waals surface area contributed by atoms with Gasteiger partial charge in [-0.15, -0.1) is 0 Å². The largest absolute Gasteiger partial charge is 0.462 e. The number of halogens is 1. The molecule has 1 N–H and O–H groups in total. The van der Waals surface area contributed by atoms with Crippen molar-refractivity contribution in [2.24, 2.45) is 5.92 Å². The molecule has 1 aromatic carbocycles. The van der Waals surface area contributed by atoms with Crippen LogP contribution < -0.4 is 5.32 Å². The van der Waals surface area contributed by atoms with Gasteiger partial charge >= 0.3 is 5.97 Å². The van der Waals surface area contributed by atoms with Crippen molar-refractivity contribution in [3.63, 3.8) is 0 Å². The van der Waals surface area contributed by atoms with Gasteiger partial charge in [0.25, 0.3) is 0 Å². The third-order valence-electron chi connectivity index (χ3n) is 4.66. The monoisotopic (exact) mass is 419 g/mol. The van der Waals surface area contributed by atoms with Gasteiger partial charge in [-0.3, -0.25) is 9.59 Å². The number of esters is 1. The molecular formula is C20H22FN3O4S. The molecule has 7 nitrogen and oxygen atoms in total. The molecule has 0 aliphatic carbocycles. The van der Waals surface area contributed by atoms with Gasteiger partial charge in [-0.05, 0) is 38.0 Å². The highest BCUT2D eigenvalue weighted by atomic mass is 32.1. The third kappa shape index (κ3) is 5.17. The first-order valence-electron chi connectivity index (χ1n) is 9.35. The number of nitrogens with one attached hydrogen (secondary N) is 1. The van der Waals surface area contributed by atoms with Crippen LogP contribution in [0.5, 0.6) is 0 Å². The zero-order valence-electron chi connectivity index (χ0n) is 16.2. The van der Waals surface area contributed by atoms with Crippen molar-refractivity contribution in [3.8, 4) is 0 Å². The van der Waals surface area contributed by atoms with Gasteiger partial charge in [0.1, 0.15) is 10.7 Å². The SMILES string of the molecule is CCOC(=O)c1sc(NC(=O)[C@@H]2CC(=O)N(CCc3ccc(F)cc3)C2)nc1C. The molecule has 2 aromatic rings. The Bertz CT molecular complexity index is 913. The van der Waals surface area contributed by atoms with E-state index in [0.717, 1.165) is 16.9 Å². The van der Waals surface area contributed by atoms with Crippen molar-refractivity contribution in [2.75, 3.05) is 25.0 Å². The smallest absolute Gasteiger partial charge is 0.350 e. The lowest BCUT2D eigenvalue weighted by Gasteiger charge is -2.16. The molecule has 2 amide bonds. The van der Waals surface area contributed by atoms with E-state index < -0.39 is 11.9 Å². The second-order valence-corrected chi connectivity index (χ2v) is 7.76. The van der Waals surface area contributed by atoms with E-state index in [0.29, 0.717) is 35.2 Å². The molecule has 9 heteroatoms. The average Bonchev–Trinajstić information content (AvgIpc) is 3.24. The van der Waals surface area contributed by atoms with Crippen molar-refractivity contribution in [1.82, 2.24) is 9.88 Å². The first kappa shape index (κ1) is 20.9. The van der Waals surface area contributed by atoms with Gasteiger partial charge in [0.05, 0.1) is 18.2 Å². The van der Waals surface area contributed by atoms with Crippen molar-refractivity contribution in [2.45, 2.75) is 26.7 Å². The second kappa shape index (κ2) is 9.13. The number of anilines is 1. The standard InChI is InChI=1S/C20H22FN3O4S/c1-3-28-19(27)17-12(2)22-20(29-17)23-18(26)14-10-16(25)24(11-14)9-8-13-4-6-15(21)7-5-13/h4-7,14H,3,8-11H2,1-2H3,(H,22,23,26)/t14-/m1/s1. The average molecular weight is 419 g/mol. The Morgan fingerprint density at radius 2 is 2.07 bits per heavy atom. The molecule has 0 saturated carbocycles. The summed E-state index contributed by atoms with van der Waals surface area (Å²) >= 11 is 1.06. The van der Waals surface area contributed by atoms with Crippen molar-refractivity contribution in [1.29, 1.82) is 0 Å². The number of aryl methyl sites for hydroxylation is 1. The number of likely N-dealkylation sites (tertiary alicyclic amines) is 1. The Labute approximate surface area is 171 Å². The summed E-state index contributed by atoms with van der Waals surface area (Å²) in [5.41, 5.74) is 1.42. The van der Waals surface area contributed by atoms with Crippen molar-refractivity contribution >= 4 is 34.3 Å². The van der Waals surface area contributed by atoms with Gasteiger partial charge in [-0.25, -0.2) is 14.2 Å². The van der Waals surface area contributed by atoms with E-state index in [4.69, 9.17) is 4.74 Å².